The highest BCUT2D eigenvalue weighted by atomic mass is 16.5. The SMILES string of the molecule is COc1cc(C)ccc1NC(=O)C1Cc2ccccc2N1. The molecule has 2 N–H and O–H groups in total. The topological polar surface area (TPSA) is 50.4 Å². The summed E-state index contributed by atoms with van der Waals surface area (Å²) in [7, 11) is 1.61. The van der Waals surface area contributed by atoms with Crippen LogP contribution in [0.3, 0.4) is 0 Å². The first-order valence-corrected chi connectivity index (χ1v) is 6.97. The molecule has 0 aliphatic carbocycles. The fourth-order valence-electron chi connectivity index (χ4n) is 2.58. The van der Waals surface area contributed by atoms with Crippen molar-refractivity contribution in [1.29, 1.82) is 0 Å². The molecule has 1 unspecified atom stereocenters. The van der Waals surface area contributed by atoms with E-state index in [4.69, 9.17) is 4.74 Å². The lowest BCUT2D eigenvalue weighted by Gasteiger charge is -2.14. The normalized spacial score (nSPS) is 16.0. The Bertz CT molecular complexity index is 657. The first-order valence-electron chi connectivity index (χ1n) is 6.97. The summed E-state index contributed by atoms with van der Waals surface area (Å²) in [6.45, 7) is 1.99. The molecule has 3 rings (SSSR count). The summed E-state index contributed by atoms with van der Waals surface area (Å²) in [5, 5.41) is 6.19. The number of hydrogen-bond acceptors (Lipinski definition) is 3. The van der Waals surface area contributed by atoms with Gasteiger partial charge in [-0.25, -0.2) is 0 Å². The molecule has 2 aromatic carbocycles. The molecule has 1 atom stereocenters. The van der Waals surface area contributed by atoms with E-state index in [-0.39, 0.29) is 11.9 Å². The van der Waals surface area contributed by atoms with Crippen LogP contribution in [0, 0.1) is 6.92 Å². The van der Waals surface area contributed by atoms with Gasteiger partial charge >= 0.3 is 0 Å². The zero-order chi connectivity index (χ0) is 14.8. The third-order valence-electron chi connectivity index (χ3n) is 3.70. The van der Waals surface area contributed by atoms with Gasteiger partial charge < -0.3 is 15.4 Å². The summed E-state index contributed by atoms with van der Waals surface area (Å²) in [5.41, 5.74) is 4.00. The van der Waals surface area contributed by atoms with Crippen LogP contribution in [-0.4, -0.2) is 19.1 Å². The summed E-state index contributed by atoms with van der Waals surface area (Å²) in [6, 6.07) is 13.5. The molecular formula is C17H18N2O2. The van der Waals surface area contributed by atoms with E-state index < -0.39 is 0 Å². The number of fused-ring (bicyclic) bond motifs is 1. The van der Waals surface area contributed by atoms with Crippen LogP contribution in [0.25, 0.3) is 0 Å². The largest absolute Gasteiger partial charge is 0.495 e. The predicted molar refractivity (Wildman–Crippen MR) is 83.9 cm³/mol. The number of aryl methyl sites for hydroxylation is 1. The van der Waals surface area contributed by atoms with Crippen molar-refractivity contribution in [3.63, 3.8) is 0 Å². The maximum Gasteiger partial charge on any atom is 0.247 e. The molecule has 2 aromatic rings. The smallest absolute Gasteiger partial charge is 0.247 e. The number of amides is 1. The monoisotopic (exact) mass is 282 g/mol. The van der Waals surface area contributed by atoms with Crippen molar-refractivity contribution >= 4 is 17.3 Å². The molecule has 108 valence electrons. The van der Waals surface area contributed by atoms with Gasteiger partial charge in [0.15, 0.2) is 0 Å². The van der Waals surface area contributed by atoms with Gasteiger partial charge in [-0.1, -0.05) is 24.3 Å². The second kappa shape index (κ2) is 5.48. The van der Waals surface area contributed by atoms with Crippen LogP contribution in [-0.2, 0) is 11.2 Å². The number of benzene rings is 2. The Morgan fingerprint density at radius 1 is 1.29 bits per heavy atom. The molecule has 0 saturated heterocycles. The number of carbonyl (C=O) groups is 1. The quantitative estimate of drug-likeness (QED) is 0.910. The molecule has 0 radical (unpaired) electrons. The van der Waals surface area contributed by atoms with Gasteiger partial charge in [0.05, 0.1) is 12.8 Å². The van der Waals surface area contributed by atoms with Crippen molar-refractivity contribution in [2.75, 3.05) is 17.7 Å². The Morgan fingerprint density at radius 3 is 2.86 bits per heavy atom. The second-order valence-corrected chi connectivity index (χ2v) is 5.25. The van der Waals surface area contributed by atoms with E-state index in [1.807, 2.05) is 49.4 Å². The predicted octanol–water partition coefficient (Wildman–Crippen LogP) is 2.98. The van der Waals surface area contributed by atoms with Gasteiger partial charge in [0.25, 0.3) is 0 Å². The van der Waals surface area contributed by atoms with Crippen LogP contribution in [0.15, 0.2) is 42.5 Å². The lowest BCUT2D eigenvalue weighted by molar-refractivity contribution is -0.116. The van der Waals surface area contributed by atoms with Gasteiger partial charge in [0.2, 0.25) is 5.91 Å². The van der Waals surface area contributed by atoms with Gasteiger partial charge in [-0.3, -0.25) is 4.79 Å². The number of hydrogen-bond donors (Lipinski definition) is 2. The third-order valence-corrected chi connectivity index (χ3v) is 3.70. The summed E-state index contributed by atoms with van der Waals surface area (Å²) in [4.78, 5) is 12.4. The van der Waals surface area contributed by atoms with E-state index in [0.29, 0.717) is 17.9 Å². The number of methoxy groups -OCH3 is 1. The van der Waals surface area contributed by atoms with Gasteiger partial charge in [-0.05, 0) is 36.2 Å². The number of nitrogens with one attached hydrogen (secondary N) is 2. The lowest BCUT2D eigenvalue weighted by Crippen LogP contribution is -2.32. The fraction of sp³-hybridized carbons (Fsp3) is 0.235. The maximum atomic E-state index is 12.4. The van der Waals surface area contributed by atoms with Crippen molar-refractivity contribution < 1.29 is 9.53 Å². The highest BCUT2D eigenvalue weighted by Gasteiger charge is 2.26. The zero-order valence-electron chi connectivity index (χ0n) is 12.1. The van der Waals surface area contributed by atoms with E-state index >= 15 is 0 Å². The Kier molecular flexibility index (Phi) is 3.52. The van der Waals surface area contributed by atoms with E-state index in [9.17, 15) is 4.79 Å². The molecule has 4 nitrogen and oxygen atoms in total. The number of ether oxygens (including phenoxy) is 1. The Balaban J connectivity index is 1.74. The van der Waals surface area contributed by atoms with E-state index in [2.05, 4.69) is 10.6 Å². The fourth-order valence-corrected chi connectivity index (χ4v) is 2.58. The van der Waals surface area contributed by atoms with Crippen molar-refractivity contribution in [3.8, 4) is 5.75 Å². The number of anilines is 2. The van der Waals surface area contributed by atoms with Crippen LogP contribution in [0.5, 0.6) is 5.75 Å². The molecule has 1 amide bonds. The van der Waals surface area contributed by atoms with Crippen molar-refractivity contribution in [2.45, 2.75) is 19.4 Å². The lowest BCUT2D eigenvalue weighted by atomic mass is 10.1. The molecule has 0 saturated carbocycles. The van der Waals surface area contributed by atoms with Crippen molar-refractivity contribution in [2.24, 2.45) is 0 Å². The average Bonchev–Trinajstić information content (AvgIpc) is 2.93. The minimum atomic E-state index is -0.242. The standard InChI is InChI=1S/C17H18N2O2/c1-11-7-8-14(16(9-11)21-2)19-17(20)15-10-12-5-3-4-6-13(12)18-15/h3-9,15,18H,10H2,1-2H3,(H,19,20). The molecule has 0 fully saturated rings. The van der Waals surface area contributed by atoms with Crippen LogP contribution in [0.4, 0.5) is 11.4 Å². The molecule has 0 spiro atoms. The van der Waals surface area contributed by atoms with Crippen LogP contribution in [0.1, 0.15) is 11.1 Å². The zero-order valence-corrected chi connectivity index (χ0v) is 12.1. The molecule has 1 aliphatic heterocycles. The van der Waals surface area contributed by atoms with Gasteiger partial charge in [-0.2, -0.15) is 0 Å². The Morgan fingerprint density at radius 2 is 2.10 bits per heavy atom. The summed E-state index contributed by atoms with van der Waals surface area (Å²) in [5.74, 6) is 0.632. The van der Waals surface area contributed by atoms with E-state index in [1.165, 1.54) is 5.56 Å². The summed E-state index contributed by atoms with van der Waals surface area (Å²) in [6.07, 6.45) is 0.705. The summed E-state index contributed by atoms with van der Waals surface area (Å²) < 4.78 is 5.32. The molecule has 1 heterocycles. The minimum Gasteiger partial charge on any atom is -0.495 e. The van der Waals surface area contributed by atoms with Crippen molar-refractivity contribution in [1.82, 2.24) is 0 Å². The molecular weight excluding hydrogens is 264 g/mol. The molecule has 21 heavy (non-hydrogen) atoms. The van der Waals surface area contributed by atoms with Gasteiger partial charge in [0, 0.05) is 12.1 Å². The number of carbonyl (C=O) groups excluding carboxylic acids is 1. The minimum absolute atomic E-state index is 0.0478. The molecule has 1 aliphatic rings. The molecule has 0 bridgehead atoms. The van der Waals surface area contributed by atoms with Crippen LogP contribution in [0.2, 0.25) is 0 Å². The van der Waals surface area contributed by atoms with E-state index in [1.54, 1.807) is 7.11 Å². The molecule has 0 aromatic heterocycles. The van der Waals surface area contributed by atoms with Gasteiger partial charge in [0.1, 0.15) is 11.8 Å². The second-order valence-electron chi connectivity index (χ2n) is 5.25. The maximum absolute atomic E-state index is 12.4. The molecule has 4 heteroatoms. The summed E-state index contributed by atoms with van der Waals surface area (Å²) >= 11 is 0. The third kappa shape index (κ3) is 2.70. The highest BCUT2D eigenvalue weighted by molar-refractivity contribution is 5.99. The first kappa shape index (κ1) is 13.5. The first-order chi connectivity index (χ1) is 10.2. The van der Waals surface area contributed by atoms with Gasteiger partial charge in [-0.15, -0.1) is 0 Å². The van der Waals surface area contributed by atoms with Crippen LogP contribution < -0.4 is 15.4 Å². The van der Waals surface area contributed by atoms with Crippen molar-refractivity contribution in [3.05, 3.63) is 53.6 Å². The average molecular weight is 282 g/mol. The highest BCUT2D eigenvalue weighted by Crippen LogP contribution is 2.28. The number of para-hydroxylation sites is 1. The Hall–Kier alpha value is -2.49. The number of rotatable bonds is 3. The van der Waals surface area contributed by atoms with E-state index in [0.717, 1.165) is 11.3 Å². The Labute approximate surface area is 124 Å². The van der Waals surface area contributed by atoms with Crippen LogP contribution >= 0.6 is 0 Å².